The molecule has 0 aliphatic rings. The summed E-state index contributed by atoms with van der Waals surface area (Å²) in [6.45, 7) is 7.30. The van der Waals surface area contributed by atoms with Crippen molar-refractivity contribution in [1.82, 2.24) is 0 Å². The normalized spacial score (nSPS) is 10.5. The molecule has 2 nitrogen and oxygen atoms in total. The molecule has 0 N–H and O–H groups in total. The van der Waals surface area contributed by atoms with Crippen LogP contribution < -0.4 is 4.74 Å². The number of aryl methyl sites for hydroxylation is 4. The zero-order valence-electron chi connectivity index (χ0n) is 12.8. The molecule has 21 heavy (non-hydrogen) atoms. The highest BCUT2D eigenvalue weighted by molar-refractivity contribution is 6.00. The second kappa shape index (κ2) is 6.08. The first-order valence-electron chi connectivity index (χ1n) is 6.89. The van der Waals surface area contributed by atoms with Gasteiger partial charge in [-0.25, -0.2) is 4.39 Å². The standard InChI is InChI=1S/C18H19FO2/c1-11-8-13(3)17(14(4)9-11)15(20)10-21-16-7-5-6-12(2)18(16)19/h5-9H,10H2,1-4H3. The number of rotatable bonds is 4. The third-order valence-corrected chi connectivity index (χ3v) is 3.47. The third kappa shape index (κ3) is 3.30. The van der Waals surface area contributed by atoms with Crippen LogP contribution in [0.4, 0.5) is 4.39 Å². The summed E-state index contributed by atoms with van der Waals surface area (Å²) in [6.07, 6.45) is 0. The molecule has 0 saturated carbocycles. The van der Waals surface area contributed by atoms with Crippen LogP contribution in [-0.4, -0.2) is 12.4 Å². The molecule has 2 aromatic carbocycles. The Bertz CT molecular complexity index is 667. The van der Waals surface area contributed by atoms with E-state index in [0.29, 0.717) is 11.1 Å². The minimum Gasteiger partial charge on any atom is -0.482 e. The molecule has 110 valence electrons. The van der Waals surface area contributed by atoms with E-state index in [1.807, 2.05) is 32.9 Å². The molecule has 0 atom stereocenters. The number of hydrogen-bond donors (Lipinski definition) is 0. The van der Waals surface area contributed by atoms with Gasteiger partial charge in [0.1, 0.15) is 0 Å². The summed E-state index contributed by atoms with van der Waals surface area (Å²) in [5.74, 6) is -0.431. The van der Waals surface area contributed by atoms with Gasteiger partial charge in [0.15, 0.2) is 18.2 Å². The Morgan fingerprint density at radius 2 is 1.67 bits per heavy atom. The number of ketones is 1. The van der Waals surface area contributed by atoms with Crippen molar-refractivity contribution in [3.8, 4) is 5.75 Å². The van der Waals surface area contributed by atoms with Gasteiger partial charge in [0.05, 0.1) is 0 Å². The summed E-state index contributed by atoms with van der Waals surface area (Å²) in [6, 6.07) is 8.84. The van der Waals surface area contributed by atoms with Crippen molar-refractivity contribution in [1.29, 1.82) is 0 Å². The predicted octanol–water partition coefficient (Wildman–Crippen LogP) is 4.32. The molecule has 2 aromatic rings. The highest BCUT2D eigenvalue weighted by Gasteiger charge is 2.15. The van der Waals surface area contributed by atoms with Crippen molar-refractivity contribution >= 4 is 5.78 Å². The molecule has 0 amide bonds. The van der Waals surface area contributed by atoms with Gasteiger partial charge in [-0.2, -0.15) is 0 Å². The quantitative estimate of drug-likeness (QED) is 0.782. The van der Waals surface area contributed by atoms with Gasteiger partial charge < -0.3 is 4.74 Å². The van der Waals surface area contributed by atoms with Gasteiger partial charge in [0.2, 0.25) is 5.78 Å². The average Bonchev–Trinajstić information content (AvgIpc) is 2.39. The zero-order chi connectivity index (χ0) is 15.6. The molecule has 0 bridgehead atoms. The van der Waals surface area contributed by atoms with Crippen molar-refractivity contribution in [2.75, 3.05) is 6.61 Å². The van der Waals surface area contributed by atoms with E-state index in [0.717, 1.165) is 16.7 Å². The number of halogens is 1. The Kier molecular flexibility index (Phi) is 4.41. The molecule has 0 fully saturated rings. The molecule has 0 saturated heterocycles. The lowest BCUT2D eigenvalue weighted by molar-refractivity contribution is 0.0917. The predicted molar refractivity (Wildman–Crippen MR) is 81.6 cm³/mol. The molecule has 0 aliphatic carbocycles. The van der Waals surface area contributed by atoms with E-state index in [4.69, 9.17) is 4.74 Å². The van der Waals surface area contributed by atoms with Crippen LogP contribution in [-0.2, 0) is 0 Å². The lowest BCUT2D eigenvalue weighted by Gasteiger charge is -2.12. The molecular formula is C18H19FO2. The molecule has 3 heteroatoms. The number of hydrogen-bond acceptors (Lipinski definition) is 2. The van der Waals surface area contributed by atoms with E-state index in [2.05, 4.69) is 0 Å². The molecule has 0 aromatic heterocycles. The Balaban J connectivity index is 2.18. The summed E-state index contributed by atoms with van der Waals surface area (Å²) in [7, 11) is 0. The maximum absolute atomic E-state index is 13.8. The second-order valence-electron chi connectivity index (χ2n) is 5.37. The monoisotopic (exact) mass is 286 g/mol. The lowest BCUT2D eigenvalue weighted by Crippen LogP contribution is -2.15. The highest BCUT2D eigenvalue weighted by atomic mass is 19.1. The Morgan fingerprint density at radius 3 is 2.29 bits per heavy atom. The number of carbonyl (C=O) groups is 1. The molecule has 0 heterocycles. The third-order valence-electron chi connectivity index (χ3n) is 3.47. The number of benzene rings is 2. The fourth-order valence-corrected chi connectivity index (χ4v) is 2.57. The van der Waals surface area contributed by atoms with Crippen LogP contribution in [0.15, 0.2) is 30.3 Å². The van der Waals surface area contributed by atoms with E-state index >= 15 is 0 Å². The van der Waals surface area contributed by atoms with Crippen molar-refractivity contribution in [2.24, 2.45) is 0 Å². The van der Waals surface area contributed by atoms with Gasteiger partial charge in [0, 0.05) is 5.56 Å². The molecule has 0 aliphatic heterocycles. The Hall–Kier alpha value is -2.16. The van der Waals surface area contributed by atoms with Gasteiger partial charge in [-0.1, -0.05) is 29.8 Å². The summed E-state index contributed by atoms with van der Waals surface area (Å²) in [5, 5.41) is 0. The minimum atomic E-state index is -0.414. The first kappa shape index (κ1) is 15.2. The fraction of sp³-hybridized carbons (Fsp3) is 0.278. The number of Topliss-reactive ketones (excluding diaryl/α,β-unsaturated/α-hetero) is 1. The van der Waals surface area contributed by atoms with Crippen LogP contribution in [0.1, 0.15) is 32.6 Å². The van der Waals surface area contributed by atoms with Crippen LogP contribution in [0.3, 0.4) is 0 Å². The van der Waals surface area contributed by atoms with E-state index in [-0.39, 0.29) is 18.1 Å². The lowest BCUT2D eigenvalue weighted by atomic mass is 9.97. The Labute approximate surface area is 124 Å². The van der Waals surface area contributed by atoms with Crippen LogP contribution in [0, 0.1) is 33.5 Å². The summed E-state index contributed by atoms with van der Waals surface area (Å²) in [4.78, 5) is 12.3. The van der Waals surface area contributed by atoms with Gasteiger partial charge in [-0.3, -0.25) is 4.79 Å². The van der Waals surface area contributed by atoms with Gasteiger partial charge in [-0.15, -0.1) is 0 Å². The second-order valence-corrected chi connectivity index (χ2v) is 5.37. The van der Waals surface area contributed by atoms with Crippen molar-refractivity contribution in [2.45, 2.75) is 27.7 Å². The van der Waals surface area contributed by atoms with Gasteiger partial charge in [-0.05, 0) is 50.5 Å². The number of carbonyl (C=O) groups excluding carboxylic acids is 1. The first-order valence-corrected chi connectivity index (χ1v) is 6.89. The molecule has 0 radical (unpaired) electrons. The van der Waals surface area contributed by atoms with Crippen molar-refractivity contribution in [3.05, 3.63) is 64.0 Å². The van der Waals surface area contributed by atoms with Crippen molar-refractivity contribution < 1.29 is 13.9 Å². The van der Waals surface area contributed by atoms with Crippen molar-refractivity contribution in [3.63, 3.8) is 0 Å². The Morgan fingerprint density at radius 1 is 1.05 bits per heavy atom. The smallest absolute Gasteiger partial charge is 0.200 e. The van der Waals surface area contributed by atoms with E-state index < -0.39 is 5.82 Å². The SMILES string of the molecule is Cc1cc(C)c(C(=O)COc2cccc(C)c2F)c(C)c1. The average molecular weight is 286 g/mol. The minimum absolute atomic E-state index is 0.116. The van der Waals surface area contributed by atoms with Gasteiger partial charge >= 0.3 is 0 Å². The van der Waals surface area contributed by atoms with E-state index in [1.165, 1.54) is 6.07 Å². The maximum atomic E-state index is 13.8. The molecular weight excluding hydrogens is 267 g/mol. The molecule has 0 unspecified atom stereocenters. The van der Waals surface area contributed by atoms with Crippen LogP contribution in [0.25, 0.3) is 0 Å². The van der Waals surface area contributed by atoms with Gasteiger partial charge in [0.25, 0.3) is 0 Å². The number of ether oxygens (including phenoxy) is 1. The topological polar surface area (TPSA) is 26.3 Å². The summed E-state index contributed by atoms with van der Waals surface area (Å²) in [5.41, 5.74) is 4.13. The van der Waals surface area contributed by atoms with E-state index in [1.54, 1.807) is 19.1 Å². The largest absolute Gasteiger partial charge is 0.482 e. The van der Waals surface area contributed by atoms with Crippen LogP contribution in [0.2, 0.25) is 0 Å². The van der Waals surface area contributed by atoms with Crippen LogP contribution in [0.5, 0.6) is 5.75 Å². The first-order chi connectivity index (χ1) is 9.90. The molecule has 2 rings (SSSR count). The highest BCUT2D eigenvalue weighted by Crippen LogP contribution is 2.21. The maximum Gasteiger partial charge on any atom is 0.200 e. The summed E-state index contributed by atoms with van der Waals surface area (Å²) >= 11 is 0. The summed E-state index contributed by atoms with van der Waals surface area (Å²) < 4.78 is 19.2. The van der Waals surface area contributed by atoms with Crippen LogP contribution >= 0.6 is 0 Å². The van der Waals surface area contributed by atoms with E-state index in [9.17, 15) is 9.18 Å². The molecule has 0 spiro atoms. The fourth-order valence-electron chi connectivity index (χ4n) is 2.57. The zero-order valence-corrected chi connectivity index (χ0v) is 12.8.